The van der Waals surface area contributed by atoms with Crippen LogP contribution in [-0.2, 0) is 0 Å². The van der Waals surface area contributed by atoms with Gasteiger partial charge in [-0.15, -0.1) is 0 Å². The zero-order chi connectivity index (χ0) is 23.5. The molecule has 0 atom stereocenters. The van der Waals surface area contributed by atoms with E-state index >= 15 is 0 Å². The van der Waals surface area contributed by atoms with Crippen LogP contribution in [0.5, 0.6) is 0 Å². The Kier molecular flexibility index (Phi) is 6.24. The van der Waals surface area contributed by atoms with Crippen LogP contribution in [0.1, 0.15) is 0 Å². The third-order valence-corrected chi connectivity index (χ3v) is 5.78. The van der Waals surface area contributed by atoms with E-state index in [4.69, 9.17) is 11.6 Å². The maximum Gasteiger partial charge on any atom is 0.235 e. The first-order valence-corrected chi connectivity index (χ1v) is 11.2. The molecule has 1 aliphatic heterocycles. The van der Waals surface area contributed by atoms with Gasteiger partial charge in [0.05, 0.1) is 10.7 Å². The summed E-state index contributed by atoms with van der Waals surface area (Å²) in [4.78, 5) is 18.1. The minimum absolute atomic E-state index is 0.0154. The number of anilines is 5. The average molecular weight is 480 g/mol. The molecule has 3 N–H and O–H groups in total. The molecule has 34 heavy (non-hydrogen) atoms. The van der Waals surface area contributed by atoms with Crippen molar-refractivity contribution in [2.75, 3.05) is 48.8 Å². The highest BCUT2D eigenvalue weighted by Crippen LogP contribution is 2.25. The molecule has 174 valence electrons. The van der Waals surface area contributed by atoms with E-state index in [9.17, 15) is 4.39 Å². The van der Waals surface area contributed by atoms with Crippen molar-refractivity contribution >= 4 is 41.0 Å². The molecule has 11 heteroatoms. The molecule has 0 saturated carbocycles. The summed E-state index contributed by atoms with van der Waals surface area (Å²) in [5.41, 5.74) is 2.46. The molecule has 0 amide bonds. The van der Waals surface area contributed by atoms with Gasteiger partial charge in [0.2, 0.25) is 17.8 Å². The van der Waals surface area contributed by atoms with Crippen LogP contribution in [0.4, 0.5) is 33.7 Å². The Hall–Kier alpha value is -3.76. The Balaban J connectivity index is 1.43. The molecule has 1 saturated heterocycles. The van der Waals surface area contributed by atoms with Crippen LogP contribution in [0.25, 0.3) is 11.3 Å². The molecule has 0 bridgehead atoms. The van der Waals surface area contributed by atoms with Crippen LogP contribution in [0.3, 0.4) is 0 Å². The highest BCUT2D eigenvalue weighted by molar-refractivity contribution is 6.31. The van der Waals surface area contributed by atoms with Gasteiger partial charge in [0.15, 0.2) is 5.82 Å². The zero-order valence-electron chi connectivity index (χ0n) is 18.5. The van der Waals surface area contributed by atoms with Gasteiger partial charge in [-0.05, 0) is 30.8 Å². The van der Waals surface area contributed by atoms with Crippen LogP contribution < -0.4 is 15.5 Å². The molecule has 0 aliphatic carbocycles. The first-order chi connectivity index (χ1) is 16.5. The number of hydrogen-bond donors (Lipinski definition) is 3. The highest BCUT2D eigenvalue weighted by atomic mass is 35.5. The summed E-state index contributed by atoms with van der Waals surface area (Å²) in [6, 6.07) is 16.2. The lowest BCUT2D eigenvalue weighted by Gasteiger charge is -2.32. The van der Waals surface area contributed by atoms with Crippen molar-refractivity contribution in [3.8, 4) is 11.3 Å². The number of aromatic nitrogens is 5. The smallest absolute Gasteiger partial charge is 0.235 e. The Morgan fingerprint density at radius 3 is 2.38 bits per heavy atom. The number of hydrogen-bond acceptors (Lipinski definition) is 8. The SMILES string of the molecule is CN1CCN(c2nc(Nc3ccc(F)c(Cl)c3)nc(Nc3cc(-c4ccccc4)[nH]n3)n2)CC1. The molecule has 1 aliphatic rings. The predicted octanol–water partition coefficient (Wildman–Crippen LogP) is 4.29. The second-order valence-electron chi connectivity index (χ2n) is 7.98. The summed E-state index contributed by atoms with van der Waals surface area (Å²) in [6.45, 7) is 3.40. The molecule has 2 aromatic carbocycles. The van der Waals surface area contributed by atoms with Gasteiger partial charge in [0, 0.05) is 37.9 Å². The molecule has 9 nitrogen and oxygen atoms in total. The number of rotatable bonds is 6. The minimum Gasteiger partial charge on any atom is -0.338 e. The van der Waals surface area contributed by atoms with E-state index in [0.717, 1.165) is 37.4 Å². The van der Waals surface area contributed by atoms with Crippen LogP contribution in [0.15, 0.2) is 54.6 Å². The summed E-state index contributed by atoms with van der Waals surface area (Å²) in [6.07, 6.45) is 0. The number of likely N-dealkylation sites (N-methyl/N-ethyl adjacent to an activating group) is 1. The van der Waals surface area contributed by atoms with Crippen molar-refractivity contribution in [2.24, 2.45) is 0 Å². The molecular weight excluding hydrogens is 457 g/mol. The quantitative estimate of drug-likeness (QED) is 0.376. The van der Waals surface area contributed by atoms with Crippen molar-refractivity contribution in [3.05, 3.63) is 65.4 Å². The maximum atomic E-state index is 13.6. The van der Waals surface area contributed by atoms with Crippen molar-refractivity contribution in [3.63, 3.8) is 0 Å². The van der Waals surface area contributed by atoms with Gasteiger partial charge in [-0.2, -0.15) is 20.1 Å². The normalized spacial score (nSPS) is 14.3. The molecule has 2 aromatic heterocycles. The zero-order valence-corrected chi connectivity index (χ0v) is 19.2. The molecule has 0 spiro atoms. The highest BCUT2D eigenvalue weighted by Gasteiger charge is 2.19. The summed E-state index contributed by atoms with van der Waals surface area (Å²) in [5.74, 6) is 1.28. The van der Waals surface area contributed by atoms with E-state index in [2.05, 4.69) is 52.6 Å². The number of nitrogens with zero attached hydrogens (tertiary/aromatic N) is 6. The standard InChI is InChI=1S/C23H23ClFN9/c1-33-9-11-34(12-10-33)23-29-21(26-16-7-8-18(25)17(24)13-16)28-22(30-23)27-20-14-19(31-32-20)15-5-3-2-4-6-15/h2-8,13-14H,9-12H2,1H3,(H3,26,27,28,29,30,31,32). The van der Waals surface area contributed by atoms with Crippen molar-refractivity contribution in [1.82, 2.24) is 30.0 Å². The van der Waals surface area contributed by atoms with Crippen LogP contribution >= 0.6 is 11.6 Å². The van der Waals surface area contributed by atoms with Crippen LogP contribution in [0.2, 0.25) is 5.02 Å². The number of halogens is 2. The molecular formula is C23H23ClFN9. The molecule has 5 rings (SSSR count). The van der Waals surface area contributed by atoms with Gasteiger partial charge < -0.3 is 20.4 Å². The summed E-state index contributed by atoms with van der Waals surface area (Å²) >= 11 is 5.93. The number of aromatic amines is 1. The van der Waals surface area contributed by atoms with E-state index in [1.165, 1.54) is 12.1 Å². The predicted molar refractivity (Wildman–Crippen MR) is 132 cm³/mol. The van der Waals surface area contributed by atoms with Gasteiger partial charge in [-0.3, -0.25) is 5.10 Å². The maximum absolute atomic E-state index is 13.6. The van der Waals surface area contributed by atoms with Crippen molar-refractivity contribution < 1.29 is 4.39 Å². The van der Waals surface area contributed by atoms with E-state index < -0.39 is 5.82 Å². The lowest BCUT2D eigenvalue weighted by molar-refractivity contribution is 0.311. The number of H-pyrrole nitrogens is 1. The van der Waals surface area contributed by atoms with Crippen LogP contribution in [-0.4, -0.2) is 63.3 Å². The lowest BCUT2D eigenvalue weighted by atomic mass is 10.2. The van der Waals surface area contributed by atoms with Gasteiger partial charge in [0.25, 0.3) is 0 Å². The molecule has 4 aromatic rings. The molecule has 0 unspecified atom stereocenters. The Labute approximate surface area is 201 Å². The third-order valence-electron chi connectivity index (χ3n) is 5.49. The molecule has 1 fully saturated rings. The lowest BCUT2D eigenvalue weighted by Crippen LogP contribution is -2.45. The Morgan fingerprint density at radius 2 is 1.65 bits per heavy atom. The molecule has 0 radical (unpaired) electrons. The number of nitrogens with one attached hydrogen (secondary N) is 3. The van der Waals surface area contributed by atoms with Crippen molar-refractivity contribution in [1.29, 1.82) is 0 Å². The Morgan fingerprint density at radius 1 is 0.912 bits per heavy atom. The Bertz CT molecular complexity index is 1270. The fraction of sp³-hybridized carbons (Fsp3) is 0.217. The van der Waals surface area contributed by atoms with Gasteiger partial charge >= 0.3 is 0 Å². The monoisotopic (exact) mass is 479 g/mol. The number of piperazine rings is 1. The van der Waals surface area contributed by atoms with Gasteiger partial charge in [-0.1, -0.05) is 41.9 Å². The molecule has 3 heterocycles. The van der Waals surface area contributed by atoms with Crippen molar-refractivity contribution in [2.45, 2.75) is 0 Å². The van der Waals surface area contributed by atoms with E-state index in [1.54, 1.807) is 6.07 Å². The van der Waals surface area contributed by atoms with Crippen LogP contribution in [0, 0.1) is 5.82 Å². The summed E-state index contributed by atoms with van der Waals surface area (Å²) in [7, 11) is 2.09. The number of benzene rings is 2. The van der Waals surface area contributed by atoms with E-state index in [-0.39, 0.29) is 5.02 Å². The fourth-order valence-corrected chi connectivity index (χ4v) is 3.77. The summed E-state index contributed by atoms with van der Waals surface area (Å²) < 4.78 is 13.6. The summed E-state index contributed by atoms with van der Waals surface area (Å²) in [5, 5.41) is 13.6. The largest absolute Gasteiger partial charge is 0.338 e. The van der Waals surface area contributed by atoms with E-state index in [0.29, 0.717) is 29.4 Å². The fourth-order valence-electron chi connectivity index (χ4n) is 3.59. The van der Waals surface area contributed by atoms with E-state index in [1.807, 2.05) is 36.4 Å². The average Bonchev–Trinajstić information content (AvgIpc) is 3.31. The second kappa shape index (κ2) is 9.62. The topological polar surface area (TPSA) is 97.9 Å². The first-order valence-electron chi connectivity index (χ1n) is 10.8. The second-order valence-corrected chi connectivity index (χ2v) is 8.39. The van der Waals surface area contributed by atoms with Gasteiger partial charge in [-0.25, -0.2) is 4.39 Å². The first kappa shape index (κ1) is 22.1. The van der Waals surface area contributed by atoms with Gasteiger partial charge in [0.1, 0.15) is 5.82 Å². The minimum atomic E-state index is -0.490. The third kappa shape index (κ3) is 5.08.